The molecular weight excluding hydrogens is 430 g/mol. The molecule has 1 saturated heterocycles. The fourth-order valence-corrected chi connectivity index (χ4v) is 3.08. The molecule has 4 amide bonds. The van der Waals surface area contributed by atoms with Gasteiger partial charge in [-0.15, -0.1) is 0 Å². The van der Waals surface area contributed by atoms with Crippen LogP contribution in [0, 0.1) is 23.3 Å². The second-order valence-electron chi connectivity index (χ2n) is 6.69. The fourth-order valence-electron chi connectivity index (χ4n) is 3.08. The van der Waals surface area contributed by atoms with Gasteiger partial charge in [-0.05, 0) is 12.1 Å². The van der Waals surface area contributed by atoms with Crippen molar-refractivity contribution in [3.8, 4) is 0 Å². The van der Waals surface area contributed by atoms with Gasteiger partial charge in [0.1, 0.15) is 18.8 Å². The number of imide groups is 2. The topological polar surface area (TPSA) is 57.7 Å². The van der Waals surface area contributed by atoms with Gasteiger partial charge in [0.2, 0.25) is 11.8 Å². The number of urea groups is 1. The van der Waals surface area contributed by atoms with Gasteiger partial charge in [-0.2, -0.15) is 0 Å². The number of hydrogen-bond donors (Lipinski definition) is 0. The van der Waals surface area contributed by atoms with Crippen LogP contribution in [0.1, 0.15) is 29.9 Å². The molecule has 0 spiro atoms. The van der Waals surface area contributed by atoms with Crippen LogP contribution < -0.4 is 0 Å². The van der Waals surface area contributed by atoms with Gasteiger partial charge in [-0.1, -0.05) is 24.3 Å². The van der Waals surface area contributed by atoms with Gasteiger partial charge in [-0.3, -0.25) is 19.4 Å². The van der Waals surface area contributed by atoms with Crippen molar-refractivity contribution in [3.05, 3.63) is 70.8 Å². The Balaban J connectivity index is 1.80. The zero-order valence-electron chi connectivity index (χ0n) is 15.6. The molecule has 2 atom stereocenters. The Bertz CT molecular complexity index is 968. The average molecular weight is 444 g/mol. The molecule has 5 nitrogen and oxygen atoms in total. The number of nitrogens with zero attached hydrogens (tertiary/aromatic N) is 2. The van der Waals surface area contributed by atoms with Crippen molar-refractivity contribution in [2.45, 2.75) is 18.8 Å². The lowest BCUT2D eigenvalue weighted by Crippen LogP contribution is -2.56. The highest BCUT2D eigenvalue weighted by molar-refractivity contribution is 6.14. The Morgan fingerprint density at radius 2 is 1.10 bits per heavy atom. The third kappa shape index (κ3) is 4.39. The fraction of sp³-hybridized carbons (Fsp3) is 0.250. The number of alkyl halides is 2. The van der Waals surface area contributed by atoms with Crippen LogP contribution >= 0.6 is 0 Å². The number of hydrogen-bond acceptors (Lipinski definition) is 3. The molecule has 0 aliphatic carbocycles. The van der Waals surface area contributed by atoms with E-state index in [2.05, 4.69) is 0 Å². The molecule has 0 unspecified atom stereocenters. The minimum absolute atomic E-state index is 0.255. The minimum Gasteiger partial charge on any atom is -0.274 e. The van der Waals surface area contributed by atoms with E-state index < -0.39 is 84.1 Å². The second-order valence-corrected chi connectivity index (χ2v) is 6.69. The smallest absolute Gasteiger partial charge is 0.274 e. The third-order valence-electron chi connectivity index (χ3n) is 4.69. The van der Waals surface area contributed by atoms with Gasteiger partial charge in [0.25, 0.3) is 0 Å². The van der Waals surface area contributed by atoms with Crippen LogP contribution in [0.25, 0.3) is 0 Å². The molecule has 31 heavy (non-hydrogen) atoms. The van der Waals surface area contributed by atoms with E-state index in [4.69, 9.17) is 0 Å². The van der Waals surface area contributed by atoms with Crippen LogP contribution in [-0.2, 0) is 9.59 Å². The molecule has 1 aliphatic rings. The standard InChI is InChI=1S/C20H14F6N2O3/c21-12-5-1-3-10(18(12)25)14(23)8-27-16(29)7-17(30)28(20(27)31)9-15(24)11-4-2-6-13(22)19(11)26/h1-6,14-15H,7-9H2/t14-,15-/m1/s1. The predicted molar refractivity (Wildman–Crippen MR) is 93.9 cm³/mol. The lowest BCUT2D eigenvalue weighted by Gasteiger charge is -2.34. The monoisotopic (exact) mass is 444 g/mol. The molecule has 1 fully saturated rings. The number of rotatable bonds is 6. The highest BCUT2D eigenvalue weighted by atomic mass is 19.2. The molecule has 164 valence electrons. The predicted octanol–water partition coefficient (Wildman–Crippen LogP) is 4.15. The molecule has 1 aliphatic heterocycles. The van der Waals surface area contributed by atoms with Crippen LogP contribution in [0.4, 0.5) is 31.1 Å². The van der Waals surface area contributed by atoms with Gasteiger partial charge >= 0.3 is 6.03 Å². The van der Waals surface area contributed by atoms with Gasteiger partial charge < -0.3 is 0 Å². The molecule has 2 aromatic carbocycles. The van der Waals surface area contributed by atoms with E-state index in [1.165, 1.54) is 0 Å². The summed E-state index contributed by atoms with van der Waals surface area (Å²) in [6.07, 6.45) is -5.59. The number of carbonyl (C=O) groups is 3. The van der Waals surface area contributed by atoms with E-state index in [1.54, 1.807) is 0 Å². The van der Waals surface area contributed by atoms with Crippen molar-refractivity contribution in [3.63, 3.8) is 0 Å². The van der Waals surface area contributed by atoms with E-state index in [0.717, 1.165) is 36.4 Å². The maximum absolute atomic E-state index is 14.5. The van der Waals surface area contributed by atoms with Crippen molar-refractivity contribution < 1.29 is 40.7 Å². The van der Waals surface area contributed by atoms with E-state index >= 15 is 0 Å². The van der Waals surface area contributed by atoms with Gasteiger partial charge in [0.15, 0.2) is 23.3 Å². The normalized spacial score (nSPS) is 16.6. The summed E-state index contributed by atoms with van der Waals surface area (Å²) in [5, 5.41) is 0. The lowest BCUT2D eigenvalue weighted by atomic mass is 10.1. The largest absolute Gasteiger partial charge is 0.333 e. The summed E-state index contributed by atoms with van der Waals surface area (Å²) in [4.78, 5) is 37.1. The van der Waals surface area contributed by atoms with E-state index in [1.807, 2.05) is 0 Å². The van der Waals surface area contributed by atoms with Crippen molar-refractivity contribution in [1.29, 1.82) is 0 Å². The second kappa shape index (κ2) is 8.78. The third-order valence-corrected chi connectivity index (χ3v) is 4.69. The van der Waals surface area contributed by atoms with Crippen molar-refractivity contribution in [2.75, 3.05) is 13.1 Å². The Morgan fingerprint density at radius 3 is 1.48 bits per heavy atom. The number of amides is 4. The first kappa shape index (κ1) is 22.3. The molecule has 0 radical (unpaired) electrons. The number of halogens is 6. The first-order valence-electron chi connectivity index (χ1n) is 8.92. The van der Waals surface area contributed by atoms with Gasteiger partial charge in [-0.25, -0.2) is 31.1 Å². The van der Waals surface area contributed by atoms with Crippen molar-refractivity contribution >= 4 is 17.8 Å². The summed E-state index contributed by atoms with van der Waals surface area (Å²) in [5.74, 6) is -7.96. The summed E-state index contributed by atoms with van der Waals surface area (Å²) in [7, 11) is 0. The van der Waals surface area contributed by atoms with Crippen LogP contribution in [0.5, 0.6) is 0 Å². The SMILES string of the molecule is O=C1CC(=O)N(C[C@@H](F)c2cccc(F)c2F)C(=O)N1C[C@@H](F)c1cccc(F)c1F. The van der Waals surface area contributed by atoms with Crippen molar-refractivity contribution in [2.24, 2.45) is 0 Å². The van der Waals surface area contributed by atoms with E-state index in [0.29, 0.717) is 0 Å². The zero-order valence-corrected chi connectivity index (χ0v) is 15.6. The molecule has 0 saturated carbocycles. The Hall–Kier alpha value is -3.37. The maximum atomic E-state index is 14.5. The first-order valence-corrected chi connectivity index (χ1v) is 8.92. The van der Waals surface area contributed by atoms with Crippen LogP contribution in [0.3, 0.4) is 0 Å². The molecule has 0 bridgehead atoms. The van der Waals surface area contributed by atoms with Crippen LogP contribution in [-0.4, -0.2) is 40.7 Å². The average Bonchev–Trinajstić information content (AvgIpc) is 2.72. The summed E-state index contributed by atoms with van der Waals surface area (Å²) < 4.78 is 83.3. The number of carbonyl (C=O) groups excluding carboxylic acids is 3. The summed E-state index contributed by atoms with van der Waals surface area (Å²) in [6.45, 7) is -2.12. The quantitative estimate of drug-likeness (QED) is 0.497. The van der Waals surface area contributed by atoms with Crippen LogP contribution in [0.2, 0.25) is 0 Å². The van der Waals surface area contributed by atoms with Crippen molar-refractivity contribution in [1.82, 2.24) is 9.80 Å². The molecule has 11 heteroatoms. The minimum atomic E-state index is -2.33. The van der Waals surface area contributed by atoms with E-state index in [9.17, 15) is 40.7 Å². The number of benzene rings is 2. The lowest BCUT2D eigenvalue weighted by molar-refractivity contribution is -0.143. The summed E-state index contributed by atoms with van der Waals surface area (Å²) in [6, 6.07) is 3.95. The molecule has 3 rings (SSSR count). The molecule has 0 aromatic heterocycles. The maximum Gasteiger partial charge on any atom is 0.333 e. The van der Waals surface area contributed by atoms with E-state index in [-0.39, 0.29) is 9.80 Å². The highest BCUT2D eigenvalue weighted by Crippen LogP contribution is 2.28. The zero-order chi connectivity index (χ0) is 22.9. The number of barbiturate groups is 1. The molecule has 0 N–H and O–H groups in total. The summed E-state index contributed by atoms with van der Waals surface area (Å²) >= 11 is 0. The Kier molecular flexibility index (Phi) is 6.32. The van der Waals surface area contributed by atoms with Gasteiger partial charge in [0.05, 0.1) is 13.1 Å². The molecule has 1 heterocycles. The first-order chi connectivity index (χ1) is 14.6. The molecule has 2 aromatic rings. The molecular formula is C20H14F6N2O3. The Labute approximate surface area is 171 Å². The highest BCUT2D eigenvalue weighted by Gasteiger charge is 2.41. The van der Waals surface area contributed by atoms with Crippen LogP contribution in [0.15, 0.2) is 36.4 Å². The van der Waals surface area contributed by atoms with Gasteiger partial charge in [0, 0.05) is 11.1 Å². The Morgan fingerprint density at radius 1 is 0.710 bits per heavy atom. The summed E-state index contributed by atoms with van der Waals surface area (Å²) in [5.41, 5.74) is -1.51.